The van der Waals surface area contributed by atoms with Crippen molar-refractivity contribution < 1.29 is 19.8 Å². The third-order valence-corrected chi connectivity index (χ3v) is 1.85. The predicted octanol–water partition coefficient (Wildman–Crippen LogP) is 1.36. The molecule has 0 bridgehead atoms. The molecule has 0 aliphatic carbocycles. The van der Waals surface area contributed by atoms with E-state index in [1.165, 1.54) is 19.1 Å². The Bertz CT molecular complexity index is 451. The fourth-order valence-electron chi connectivity index (χ4n) is 1.05. The van der Waals surface area contributed by atoms with Crippen LogP contribution >= 0.6 is 0 Å². The number of carboxylic acid groups (broad SMARTS) is 1. The lowest BCUT2D eigenvalue weighted by Gasteiger charge is -2.06. The molecule has 0 heterocycles. The summed E-state index contributed by atoms with van der Waals surface area (Å²) in [6.45, 7) is 1.38. The second-order valence-corrected chi connectivity index (χ2v) is 3.14. The Hall–Kier alpha value is -2.30. The Balaban J connectivity index is 2.80. The largest absolute Gasteiger partial charge is 0.506 e. The number of aliphatic carboxylic acids is 1. The second kappa shape index (κ2) is 4.97. The maximum Gasteiger partial charge on any atom is 0.328 e. The minimum absolute atomic E-state index is 0.0516. The molecular weight excluding hydrogens is 210 g/mol. The minimum atomic E-state index is -1.19. The third kappa shape index (κ3) is 3.13. The van der Waals surface area contributed by atoms with Gasteiger partial charge in [-0.1, -0.05) is 12.1 Å². The number of aromatic hydroxyl groups is 1. The third-order valence-electron chi connectivity index (χ3n) is 1.85. The van der Waals surface area contributed by atoms with Crippen molar-refractivity contribution in [2.75, 3.05) is 5.32 Å². The van der Waals surface area contributed by atoms with E-state index < -0.39 is 11.9 Å². The summed E-state index contributed by atoms with van der Waals surface area (Å²) in [7, 11) is 0. The molecule has 1 rings (SSSR count). The van der Waals surface area contributed by atoms with Gasteiger partial charge >= 0.3 is 5.97 Å². The molecule has 1 amide bonds. The van der Waals surface area contributed by atoms with Crippen LogP contribution in [0.3, 0.4) is 0 Å². The lowest BCUT2D eigenvalue weighted by molar-refractivity contribution is -0.131. The smallest absolute Gasteiger partial charge is 0.328 e. The van der Waals surface area contributed by atoms with Crippen LogP contribution in [0.15, 0.2) is 35.9 Å². The predicted molar refractivity (Wildman–Crippen MR) is 58.1 cm³/mol. The molecule has 1 aromatic rings. The highest BCUT2D eigenvalue weighted by atomic mass is 16.4. The normalized spacial score (nSPS) is 10.9. The van der Waals surface area contributed by atoms with Gasteiger partial charge in [0.1, 0.15) is 5.75 Å². The van der Waals surface area contributed by atoms with E-state index in [-0.39, 0.29) is 17.0 Å². The van der Waals surface area contributed by atoms with Gasteiger partial charge in [-0.2, -0.15) is 0 Å². The lowest BCUT2D eigenvalue weighted by Crippen LogP contribution is -2.13. The highest BCUT2D eigenvalue weighted by Gasteiger charge is 2.08. The Labute approximate surface area is 92.0 Å². The van der Waals surface area contributed by atoms with E-state index in [9.17, 15) is 14.7 Å². The monoisotopic (exact) mass is 221 g/mol. The van der Waals surface area contributed by atoms with Crippen molar-refractivity contribution in [3.63, 3.8) is 0 Å². The van der Waals surface area contributed by atoms with Gasteiger partial charge in [0.05, 0.1) is 5.69 Å². The second-order valence-electron chi connectivity index (χ2n) is 3.14. The van der Waals surface area contributed by atoms with Crippen LogP contribution in [0.1, 0.15) is 6.92 Å². The zero-order valence-corrected chi connectivity index (χ0v) is 8.60. The van der Waals surface area contributed by atoms with E-state index in [0.717, 1.165) is 6.08 Å². The Morgan fingerprint density at radius 2 is 1.94 bits per heavy atom. The number of anilines is 1. The Morgan fingerprint density at radius 3 is 2.50 bits per heavy atom. The van der Waals surface area contributed by atoms with Gasteiger partial charge in [-0.3, -0.25) is 4.79 Å². The van der Waals surface area contributed by atoms with Crippen LogP contribution in [0.2, 0.25) is 0 Å². The molecule has 0 fully saturated rings. The van der Waals surface area contributed by atoms with Gasteiger partial charge in [0.2, 0.25) is 0 Å². The summed E-state index contributed by atoms with van der Waals surface area (Å²) in [6, 6.07) is 6.20. The van der Waals surface area contributed by atoms with Crippen molar-refractivity contribution in [2.45, 2.75) is 6.92 Å². The van der Waals surface area contributed by atoms with E-state index in [1.807, 2.05) is 0 Å². The zero-order chi connectivity index (χ0) is 12.1. The van der Waals surface area contributed by atoms with Crippen LogP contribution in [0.5, 0.6) is 5.75 Å². The zero-order valence-electron chi connectivity index (χ0n) is 8.60. The Morgan fingerprint density at radius 1 is 1.31 bits per heavy atom. The summed E-state index contributed by atoms with van der Waals surface area (Å²) < 4.78 is 0. The molecule has 16 heavy (non-hydrogen) atoms. The molecule has 0 saturated carbocycles. The summed E-state index contributed by atoms with van der Waals surface area (Å²) >= 11 is 0. The van der Waals surface area contributed by atoms with Crippen molar-refractivity contribution in [1.29, 1.82) is 0 Å². The first-order valence-corrected chi connectivity index (χ1v) is 4.51. The number of carbonyl (C=O) groups is 2. The summed E-state index contributed by atoms with van der Waals surface area (Å²) in [5, 5.41) is 20.2. The topological polar surface area (TPSA) is 86.6 Å². The van der Waals surface area contributed by atoms with Crippen LogP contribution in [-0.4, -0.2) is 22.1 Å². The molecule has 0 atom stereocenters. The van der Waals surface area contributed by atoms with Crippen molar-refractivity contribution in [3.8, 4) is 5.75 Å². The first-order valence-electron chi connectivity index (χ1n) is 4.51. The number of rotatable bonds is 3. The molecule has 84 valence electrons. The van der Waals surface area contributed by atoms with Gasteiger partial charge in [-0.15, -0.1) is 0 Å². The van der Waals surface area contributed by atoms with E-state index in [1.54, 1.807) is 12.1 Å². The fourth-order valence-corrected chi connectivity index (χ4v) is 1.05. The van der Waals surface area contributed by atoms with E-state index in [0.29, 0.717) is 0 Å². The summed E-state index contributed by atoms with van der Waals surface area (Å²) in [5.74, 6) is -1.83. The number of phenols is 1. The average molecular weight is 221 g/mol. The van der Waals surface area contributed by atoms with Gasteiger partial charge in [-0.05, 0) is 19.1 Å². The average Bonchev–Trinajstić information content (AvgIpc) is 2.20. The number of hydrogen-bond acceptors (Lipinski definition) is 3. The molecule has 0 aliphatic rings. The van der Waals surface area contributed by atoms with Crippen LogP contribution in [0.25, 0.3) is 0 Å². The molecule has 0 aromatic heterocycles. The number of benzene rings is 1. The molecule has 5 nitrogen and oxygen atoms in total. The number of amides is 1. The molecule has 0 aliphatic heterocycles. The summed E-state index contributed by atoms with van der Waals surface area (Å²) in [6.07, 6.45) is 0.801. The van der Waals surface area contributed by atoms with Gasteiger partial charge in [0.15, 0.2) is 0 Å². The van der Waals surface area contributed by atoms with Crippen LogP contribution in [-0.2, 0) is 9.59 Å². The molecule has 0 radical (unpaired) electrons. The van der Waals surface area contributed by atoms with Crippen LogP contribution in [0, 0.1) is 0 Å². The van der Waals surface area contributed by atoms with Crippen LogP contribution < -0.4 is 5.32 Å². The van der Waals surface area contributed by atoms with Crippen molar-refractivity contribution >= 4 is 17.6 Å². The lowest BCUT2D eigenvalue weighted by atomic mass is 10.2. The Kier molecular flexibility index (Phi) is 3.66. The van der Waals surface area contributed by atoms with E-state index >= 15 is 0 Å². The first-order chi connectivity index (χ1) is 7.50. The highest BCUT2D eigenvalue weighted by Crippen LogP contribution is 2.21. The SMILES string of the molecule is CC(=CC(=O)O)C(=O)Nc1ccccc1O. The molecule has 0 saturated heterocycles. The van der Waals surface area contributed by atoms with Gasteiger partial charge < -0.3 is 15.5 Å². The maximum atomic E-state index is 11.4. The maximum absolute atomic E-state index is 11.4. The molecule has 0 spiro atoms. The van der Waals surface area contributed by atoms with Gasteiger partial charge in [-0.25, -0.2) is 4.79 Å². The van der Waals surface area contributed by atoms with Crippen LogP contribution in [0.4, 0.5) is 5.69 Å². The van der Waals surface area contributed by atoms with Crippen molar-refractivity contribution in [2.24, 2.45) is 0 Å². The number of hydrogen-bond donors (Lipinski definition) is 3. The van der Waals surface area contributed by atoms with E-state index in [4.69, 9.17) is 5.11 Å². The number of carbonyl (C=O) groups excluding carboxylic acids is 1. The van der Waals surface area contributed by atoms with E-state index in [2.05, 4.69) is 5.32 Å². The molecule has 5 heteroatoms. The number of nitrogens with one attached hydrogen (secondary N) is 1. The molecular formula is C11H11NO4. The van der Waals surface area contributed by atoms with Gasteiger partial charge in [0, 0.05) is 11.6 Å². The number of para-hydroxylation sites is 2. The summed E-state index contributed by atoms with van der Waals surface area (Å²) in [4.78, 5) is 21.8. The summed E-state index contributed by atoms with van der Waals surface area (Å²) in [5.41, 5.74) is 0.293. The number of phenolic OH excluding ortho intramolecular Hbond substituents is 1. The molecule has 1 aromatic carbocycles. The van der Waals surface area contributed by atoms with Crippen molar-refractivity contribution in [3.05, 3.63) is 35.9 Å². The first kappa shape index (κ1) is 11.8. The molecule has 3 N–H and O–H groups in total. The molecule has 0 unspecified atom stereocenters. The fraction of sp³-hybridized carbons (Fsp3) is 0.0909. The quantitative estimate of drug-likeness (QED) is 0.531. The number of carboxylic acids is 1. The minimum Gasteiger partial charge on any atom is -0.506 e. The van der Waals surface area contributed by atoms with Crippen molar-refractivity contribution in [1.82, 2.24) is 0 Å². The highest BCUT2D eigenvalue weighted by molar-refractivity contribution is 6.06. The van der Waals surface area contributed by atoms with Gasteiger partial charge in [0.25, 0.3) is 5.91 Å². The standard InChI is InChI=1S/C11H11NO4/c1-7(6-10(14)15)11(16)12-8-4-2-3-5-9(8)13/h2-6,13H,1H3,(H,12,16)(H,14,15).